The van der Waals surface area contributed by atoms with Gasteiger partial charge in [-0.3, -0.25) is 9.52 Å². The molecule has 0 bridgehead atoms. The van der Waals surface area contributed by atoms with Crippen molar-refractivity contribution < 1.29 is 27.5 Å². The molecular formula is C20H24N2O6S. The molecule has 0 spiro atoms. The third-order valence-corrected chi connectivity index (χ3v) is 4.56. The van der Waals surface area contributed by atoms with Crippen molar-refractivity contribution in [3.05, 3.63) is 59.7 Å². The summed E-state index contributed by atoms with van der Waals surface area (Å²) in [5.41, 5.74) is 1.14. The predicted octanol–water partition coefficient (Wildman–Crippen LogP) is 1.97. The van der Waals surface area contributed by atoms with Crippen molar-refractivity contribution in [1.82, 2.24) is 5.32 Å². The number of rotatable bonds is 9. The van der Waals surface area contributed by atoms with Crippen molar-refractivity contribution in [2.45, 2.75) is 19.4 Å². The van der Waals surface area contributed by atoms with Crippen molar-refractivity contribution in [2.75, 3.05) is 24.6 Å². The molecule has 9 heteroatoms. The van der Waals surface area contributed by atoms with Gasteiger partial charge in [0.05, 0.1) is 24.6 Å². The van der Waals surface area contributed by atoms with Crippen LogP contribution in [0.25, 0.3) is 0 Å². The Morgan fingerprint density at radius 2 is 1.72 bits per heavy atom. The SMILES string of the molecule is COc1ccc(CCNC(=O)C(C)OC(=O)c2ccccc2NS(C)(=O)=O)cc1. The summed E-state index contributed by atoms with van der Waals surface area (Å²) in [6.07, 6.45) is 0.551. The molecule has 0 aliphatic carbocycles. The second kappa shape index (κ2) is 9.92. The van der Waals surface area contributed by atoms with Crippen LogP contribution in [-0.2, 0) is 26.0 Å². The van der Waals surface area contributed by atoms with Gasteiger partial charge in [0.2, 0.25) is 10.0 Å². The standard InChI is InChI=1S/C20H24N2O6S/c1-14(19(23)21-13-12-15-8-10-16(27-2)11-9-15)28-20(24)17-6-4-5-7-18(17)22-29(3,25)26/h4-11,14,22H,12-13H2,1-3H3,(H,21,23). The lowest BCUT2D eigenvalue weighted by Crippen LogP contribution is -2.37. The molecule has 2 N–H and O–H groups in total. The fourth-order valence-corrected chi connectivity index (χ4v) is 3.07. The fraction of sp³-hybridized carbons (Fsp3) is 0.300. The number of nitrogens with one attached hydrogen (secondary N) is 2. The van der Waals surface area contributed by atoms with Crippen LogP contribution >= 0.6 is 0 Å². The molecule has 0 heterocycles. The number of amides is 1. The molecule has 0 fully saturated rings. The Labute approximate surface area is 170 Å². The van der Waals surface area contributed by atoms with Crippen LogP contribution in [0.5, 0.6) is 5.75 Å². The molecule has 0 saturated heterocycles. The van der Waals surface area contributed by atoms with Crippen molar-refractivity contribution in [2.24, 2.45) is 0 Å². The highest BCUT2D eigenvalue weighted by atomic mass is 32.2. The summed E-state index contributed by atoms with van der Waals surface area (Å²) in [4.78, 5) is 24.6. The molecule has 29 heavy (non-hydrogen) atoms. The summed E-state index contributed by atoms with van der Waals surface area (Å²) in [6, 6.07) is 13.5. The van der Waals surface area contributed by atoms with E-state index in [0.717, 1.165) is 17.6 Å². The molecule has 2 aromatic rings. The maximum absolute atomic E-state index is 12.4. The van der Waals surface area contributed by atoms with E-state index in [2.05, 4.69) is 10.0 Å². The lowest BCUT2D eigenvalue weighted by Gasteiger charge is -2.15. The highest BCUT2D eigenvalue weighted by Gasteiger charge is 2.21. The second-order valence-electron chi connectivity index (χ2n) is 6.36. The lowest BCUT2D eigenvalue weighted by atomic mass is 10.1. The van der Waals surface area contributed by atoms with Crippen LogP contribution in [0.1, 0.15) is 22.8 Å². The summed E-state index contributed by atoms with van der Waals surface area (Å²) in [5, 5.41) is 2.71. The zero-order chi connectivity index (χ0) is 21.4. The van der Waals surface area contributed by atoms with Crippen molar-refractivity contribution in [3.8, 4) is 5.75 Å². The van der Waals surface area contributed by atoms with Crippen LogP contribution in [-0.4, -0.2) is 46.3 Å². The number of methoxy groups -OCH3 is 1. The topological polar surface area (TPSA) is 111 Å². The van der Waals surface area contributed by atoms with Gasteiger partial charge >= 0.3 is 5.97 Å². The van der Waals surface area contributed by atoms with Crippen LogP contribution in [0.3, 0.4) is 0 Å². The van der Waals surface area contributed by atoms with Crippen LogP contribution < -0.4 is 14.8 Å². The normalized spacial score (nSPS) is 12.0. The molecule has 0 saturated carbocycles. The first-order valence-corrected chi connectivity index (χ1v) is 10.8. The molecule has 0 radical (unpaired) electrons. The summed E-state index contributed by atoms with van der Waals surface area (Å²) in [7, 11) is -1.97. The third kappa shape index (κ3) is 7.11. The van der Waals surface area contributed by atoms with E-state index >= 15 is 0 Å². The van der Waals surface area contributed by atoms with Gasteiger partial charge < -0.3 is 14.8 Å². The number of anilines is 1. The average molecular weight is 420 g/mol. The van der Waals surface area contributed by atoms with Crippen molar-refractivity contribution in [1.29, 1.82) is 0 Å². The number of carbonyl (C=O) groups is 2. The second-order valence-corrected chi connectivity index (χ2v) is 8.10. The Morgan fingerprint density at radius 1 is 1.07 bits per heavy atom. The minimum absolute atomic E-state index is 0.0239. The number of esters is 1. The number of carbonyl (C=O) groups excluding carboxylic acids is 2. The smallest absolute Gasteiger partial charge is 0.341 e. The summed E-state index contributed by atoms with van der Waals surface area (Å²) < 4.78 is 35.4. The van der Waals surface area contributed by atoms with Gasteiger partial charge in [-0.1, -0.05) is 24.3 Å². The van der Waals surface area contributed by atoms with E-state index in [1.807, 2.05) is 24.3 Å². The fourth-order valence-electron chi connectivity index (χ4n) is 2.49. The van der Waals surface area contributed by atoms with Gasteiger partial charge in [-0.2, -0.15) is 0 Å². The average Bonchev–Trinajstić information content (AvgIpc) is 2.67. The highest BCUT2D eigenvalue weighted by molar-refractivity contribution is 7.92. The number of hydrogen-bond acceptors (Lipinski definition) is 6. The van der Waals surface area contributed by atoms with Crippen LogP contribution in [0.15, 0.2) is 48.5 Å². The van der Waals surface area contributed by atoms with Gasteiger partial charge in [-0.15, -0.1) is 0 Å². The maximum atomic E-state index is 12.4. The van der Waals surface area contributed by atoms with Crippen LogP contribution in [0, 0.1) is 0 Å². The summed E-state index contributed by atoms with van der Waals surface area (Å²) in [5.74, 6) is -0.487. The Hall–Kier alpha value is -3.07. The number of hydrogen-bond donors (Lipinski definition) is 2. The Morgan fingerprint density at radius 3 is 2.34 bits per heavy atom. The van der Waals surface area contributed by atoms with Gasteiger partial charge in [0.25, 0.3) is 5.91 Å². The zero-order valence-electron chi connectivity index (χ0n) is 16.5. The highest BCUT2D eigenvalue weighted by Crippen LogP contribution is 2.18. The van der Waals surface area contributed by atoms with E-state index in [0.29, 0.717) is 13.0 Å². The predicted molar refractivity (Wildman–Crippen MR) is 109 cm³/mol. The largest absolute Gasteiger partial charge is 0.497 e. The summed E-state index contributed by atoms with van der Waals surface area (Å²) in [6.45, 7) is 1.83. The molecule has 0 aliphatic rings. The van der Waals surface area contributed by atoms with Gasteiger partial charge in [-0.25, -0.2) is 13.2 Å². The molecule has 1 unspecified atom stereocenters. The van der Waals surface area contributed by atoms with E-state index in [-0.39, 0.29) is 11.3 Å². The molecular weight excluding hydrogens is 396 g/mol. The van der Waals surface area contributed by atoms with Gasteiger partial charge in [-0.05, 0) is 43.2 Å². The first kappa shape index (κ1) is 22.2. The first-order chi connectivity index (χ1) is 13.7. The molecule has 8 nitrogen and oxygen atoms in total. The minimum Gasteiger partial charge on any atom is -0.497 e. The molecule has 2 aromatic carbocycles. The molecule has 1 amide bonds. The number of sulfonamides is 1. The maximum Gasteiger partial charge on any atom is 0.341 e. The molecule has 1 atom stereocenters. The zero-order valence-corrected chi connectivity index (χ0v) is 17.3. The lowest BCUT2D eigenvalue weighted by molar-refractivity contribution is -0.129. The van der Waals surface area contributed by atoms with E-state index in [9.17, 15) is 18.0 Å². The third-order valence-electron chi connectivity index (χ3n) is 3.97. The van der Waals surface area contributed by atoms with Crippen LogP contribution in [0.4, 0.5) is 5.69 Å². The Balaban J connectivity index is 1.89. The van der Waals surface area contributed by atoms with Crippen molar-refractivity contribution in [3.63, 3.8) is 0 Å². The van der Waals surface area contributed by atoms with Crippen molar-refractivity contribution >= 4 is 27.6 Å². The minimum atomic E-state index is -3.57. The molecule has 0 aromatic heterocycles. The van der Waals surface area contributed by atoms with E-state index < -0.39 is 28.0 Å². The Kier molecular flexibility index (Phi) is 7.60. The monoisotopic (exact) mass is 420 g/mol. The number of ether oxygens (including phenoxy) is 2. The van der Waals surface area contributed by atoms with Gasteiger partial charge in [0, 0.05) is 6.54 Å². The number of benzene rings is 2. The molecule has 2 rings (SSSR count). The quantitative estimate of drug-likeness (QED) is 0.600. The molecule has 0 aliphatic heterocycles. The van der Waals surface area contributed by atoms with E-state index in [4.69, 9.17) is 9.47 Å². The van der Waals surface area contributed by atoms with Crippen LogP contribution in [0.2, 0.25) is 0 Å². The van der Waals surface area contributed by atoms with Gasteiger partial charge in [0.1, 0.15) is 5.75 Å². The molecule has 156 valence electrons. The van der Waals surface area contributed by atoms with E-state index in [1.165, 1.54) is 19.1 Å². The first-order valence-electron chi connectivity index (χ1n) is 8.88. The Bertz CT molecular complexity index is 957. The van der Waals surface area contributed by atoms with Gasteiger partial charge in [0.15, 0.2) is 6.10 Å². The summed E-state index contributed by atoms with van der Waals surface area (Å²) >= 11 is 0. The van der Waals surface area contributed by atoms with E-state index in [1.54, 1.807) is 19.2 Å². The number of para-hydroxylation sites is 1.